The van der Waals surface area contributed by atoms with Crippen molar-refractivity contribution >= 4 is 22.6 Å². The molecule has 0 fully saturated rings. The van der Waals surface area contributed by atoms with E-state index in [0.29, 0.717) is 48.0 Å². The predicted molar refractivity (Wildman–Crippen MR) is 113 cm³/mol. The van der Waals surface area contributed by atoms with Crippen LogP contribution < -0.4 is 14.8 Å². The van der Waals surface area contributed by atoms with Gasteiger partial charge in [-0.05, 0) is 42.8 Å². The van der Waals surface area contributed by atoms with Gasteiger partial charge in [-0.3, -0.25) is 4.79 Å². The van der Waals surface area contributed by atoms with Gasteiger partial charge in [0.2, 0.25) is 0 Å². The maximum atomic E-state index is 12.7. The number of anilines is 1. The number of nitrogens with one attached hydrogen (secondary N) is 1. The molecule has 4 aromatic rings. The Morgan fingerprint density at radius 1 is 1.00 bits per heavy atom. The number of fused-ring (bicyclic) bond motifs is 2. The third-order valence-corrected chi connectivity index (χ3v) is 5.03. The summed E-state index contributed by atoms with van der Waals surface area (Å²) in [4.78, 5) is 12.7. The molecule has 0 saturated carbocycles. The Hall–Kier alpha value is -3.87. The smallest absolute Gasteiger partial charge is 0.255 e. The topological polar surface area (TPSA) is 78.3 Å². The van der Waals surface area contributed by atoms with Crippen LogP contribution in [0.5, 0.6) is 11.5 Å². The van der Waals surface area contributed by atoms with Crippen LogP contribution in [0.2, 0.25) is 0 Å². The fourth-order valence-corrected chi connectivity index (χ4v) is 3.42. The molecule has 30 heavy (non-hydrogen) atoms. The van der Waals surface area contributed by atoms with Gasteiger partial charge in [0.05, 0.1) is 12.1 Å². The first kappa shape index (κ1) is 18.2. The number of rotatable bonds is 4. The molecule has 0 aliphatic carbocycles. The molecule has 150 valence electrons. The number of carbonyl (C=O) groups excluding carboxylic acids is 1. The zero-order chi connectivity index (χ0) is 20.5. The summed E-state index contributed by atoms with van der Waals surface area (Å²) >= 11 is 0. The highest BCUT2D eigenvalue weighted by molar-refractivity contribution is 6.06. The molecule has 0 spiro atoms. The van der Waals surface area contributed by atoms with Crippen LogP contribution in [0.25, 0.3) is 11.0 Å². The van der Waals surface area contributed by atoms with Crippen molar-refractivity contribution in [1.82, 2.24) is 15.0 Å². The second-order valence-corrected chi connectivity index (χ2v) is 7.25. The Balaban J connectivity index is 1.35. The van der Waals surface area contributed by atoms with E-state index in [-0.39, 0.29) is 5.91 Å². The maximum Gasteiger partial charge on any atom is 0.255 e. The standard InChI is InChI=1S/C23H20N4O3/c1-15-2-4-16(5-3-15)14-27-20-8-6-17(12-19(20)25-26-27)23(28)24-18-7-9-21-22(13-18)30-11-10-29-21/h2-9,12-13H,10-11,14H2,1H3,(H,24,28). The Morgan fingerprint density at radius 3 is 2.63 bits per heavy atom. The fraction of sp³-hybridized carbons (Fsp3) is 0.174. The lowest BCUT2D eigenvalue weighted by Gasteiger charge is -2.19. The molecule has 0 bridgehead atoms. The van der Waals surface area contributed by atoms with Gasteiger partial charge >= 0.3 is 0 Å². The molecule has 2 heterocycles. The minimum absolute atomic E-state index is 0.221. The van der Waals surface area contributed by atoms with Crippen molar-refractivity contribution < 1.29 is 14.3 Å². The molecule has 0 atom stereocenters. The van der Waals surface area contributed by atoms with Crippen LogP contribution in [0, 0.1) is 6.92 Å². The molecular formula is C23H20N4O3. The first-order chi connectivity index (χ1) is 14.7. The number of aromatic nitrogens is 3. The van der Waals surface area contributed by atoms with Gasteiger partial charge in [-0.25, -0.2) is 4.68 Å². The Morgan fingerprint density at radius 2 is 1.80 bits per heavy atom. The van der Waals surface area contributed by atoms with E-state index in [2.05, 4.69) is 46.8 Å². The van der Waals surface area contributed by atoms with Gasteiger partial charge in [-0.2, -0.15) is 0 Å². The van der Waals surface area contributed by atoms with Crippen LogP contribution in [-0.2, 0) is 6.54 Å². The second kappa shape index (κ2) is 7.51. The fourth-order valence-electron chi connectivity index (χ4n) is 3.42. The van der Waals surface area contributed by atoms with Crippen molar-refractivity contribution in [3.8, 4) is 11.5 Å². The number of amides is 1. The molecule has 0 radical (unpaired) electrons. The molecule has 1 N–H and O–H groups in total. The van der Waals surface area contributed by atoms with Crippen LogP contribution in [0.1, 0.15) is 21.5 Å². The minimum atomic E-state index is -0.221. The van der Waals surface area contributed by atoms with Crippen LogP contribution in [0.3, 0.4) is 0 Å². The summed E-state index contributed by atoms with van der Waals surface area (Å²) < 4.78 is 12.9. The SMILES string of the molecule is Cc1ccc(Cn2nnc3cc(C(=O)Nc4ccc5c(c4)OCCO5)ccc32)cc1. The molecule has 1 amide bonds. The quantitative estimate of drug-likeness (QED) is 0.564. The lowest BCUT2D eigenvalue weighted by molar-refractivity contribution is 0.102. The van der Waals surface area contributed by atoms with Crippen molar-refractivity contribution in [1.29, 1.82) is 0 Å². The van der Waals surface area contributed by atoms with E-state index in [4.69, 9.17) is 9.47 Å². The summed E-state index contributed by atoms with van der Waals surface area (Å²) in [6.45, 7) is 3.72. The van der Waals surface area contributed by atoms with Gasteiger partial charge in [-0.1, -0.05) is 35.0 Å². The third-order valence-electron chi connectivity index (χ3n) is 5.03. The van der Waals surface area contributed by atoms with Crippen LogP contribution in [-0.4, -0.2) is 34.1 Å². The Kier molecular flexibility index (Phi) is 4.55. The van der Waals surface area contributed by atoms with Crippen LogP contribution in [0.15, 0.2) is 60.7 Å². The zero-order valence-electron chi connectivity index (χ0n) is 16.5. The van der Waals surface area contributed by atoms with E-state index in [1.165, 1.54) is 5.56 Å². The van der Waals surface area contributed by atoms with Crippen LogP contribution in [0.4, 0.5) is 5.69 Å². The van der Waals surface area contributed by atoms with E-state index in [1.807, 2.05) is 10.7 Å². The number of hydrogen-bond donors (Lipinski definition) is 1. The Labute approximate surface area is 173 Å². The Bertz CT molecular complexity index is 1230. The van der Waals surface area contributed by atoms with E-state index >= 15 is 0 Å². The monoisotopic (exact) mass is 400 g/mol. The molecule has 0 saturated heterocycles. The van der Waals surface area contributed by atoms with Crippen molar-refractivity contribution in [3.63, 3.8) is 0 Å². The summed E-state index contributed by atoms with van der Waals surface area (Å²) in [6, 6.07) is 19.1. The zero-order valence-corrected chi connectivity index (χ0v) is 16.5. The highest BCUT2D eigenvalue weighted by Gasteiger charge is 2.15. The number of nitrogens with zero attached hydrogens (tertiary/aromatic N) is 3. The number of benzene rings is 3. The lowest BCUT2D eigenvalue weighted by atomic mass is 10.1. The highest BCUT2D eigenvalue weighted by atomic mass is 16.6. The number of aryl methyl sites for hydroxylation is 1. The average Bonchev–Trinajstić information content (AvgIpc) is 3.17. The van der Waals surface area contributed by atoms with E-state index in [9.17, 15) is 4.79 Å². The second-order valence-electron chi connectivity index (χ2n) is 7.25. The minimum Gasteiger partial charge on any atom is -0.486 e. The summed E-state index contributed by atoms with van der Waals surface area (Å²) in [5, 5.41) is 11.4. The molecule has 1 aromatic heterocycles. The molecule has 7 heteroatoms. The lowest BCUT2D eigenvalue weighted by Crippen LogP contribution is -2.16. The normalized spacial score (nSPS) is 12.7. The van der Waals surface area contributed by atoms with Crippen molar-refractivity contribution in [2.45, 2.75) is 13.5 Å². The summed E-state index contributed by atoms with van der Waals surface area (Å²) in [7, 11) is 0. The predicted octanol–water partition coefficient (Wildman–Crippen LogP) is 3.81. The van der Waals surface area contributed by atoms with Gasteiger partial charge in [-0.15, -0.1) is 5.10 Å². The number of carbonyl (C=O) groups is 1. The summed E-state index contributed by atoms with van der Waals surface area (Å²) in [5.74, 6) is 1.10. The third kappa shape index (κ3) is 3.57. The summed E-state index contributed by atoms with van der Waals surface area (Å²) in [6.07, 6.45) is 0. The molecule has 5 rings (SSSR count). The van der Waals surface area contributed by atoms with E-state index in [0.717, 1.165) is 11.1 Å². The number of hydrogen-bond acceptors (Lipinski definition) is 5. The first-order valence-electron chi connectivity index (χ1n) is 9.75. The molecule has 1 aliphatic heterocycles. The van der Waals surface area contributed by atoms with Gasteiger partial charge in [0, 0.05) is 17.3 Å². The van der Waals surface area contributed by atoms with Gasteiger partial charge < -0.3 is 14.8 Å². The molecular weight excluding hydrogens is 380 g/mol. The average molecular weight is 400 g/mol. The van der Waals surface area contributed by atoms with Crippen LogP contribution >= 0.6 is 0 Å². The number of ether oxygens (including phenoxy) is 2. The van der Waals surface area contributed by atoms with Gasteiger partial charge in [0.25, 0.3) is 5.91 Å². The van der Waals surface area contributed by atoms with Crippen molar-refractivity contribution in [3.05, 3.63) is 77.4 Å². The first-order valence-corrected chi connectivity index (χ1v) is 9.75. The molecule has 0 unspecified atom stereocenters. The van der Waals surface area contributed by atoms with Gasteiger partial charge in [0.15, 0.2) is 11.5 Å². The van der Waals surface area contributed by atoms with Crippen molar-refractivity contribution in [2.75, 3.05) is 18.5 Å². The van der Waals surface area contributed by atoms with Gasteiger partial charge in [0.1, 0.15) is 18.7 Å². The van der Waals surface area contributed by atoms with E-state index in [1.54, 1.807) is 30.3 Å². The van der Waals surface area contributed by atoms with Crippen molar-refractivity contribution in [2.24, 2.45) is 0 Å². The summed E-state index contributed by atoms with van der Waals surface area (Å²) in [5.41, 5.74) is 5.08. The highest BCUT2D eigenvalue weighted by Crippen LogP contribution is 2.32. The molecule has 7 nitrogen and oxygen atoms in total. The van der Waals surface area contributed by atoms with E-state index < -0.39 is 0 Å². The maximum absolute atomic E-state index is 12.7. The largest absolute Gasteiger partial charge is 0.486 e. The molecule has 1 aliphatic rings. The molecule has 3 aromatic carbocycles.